The maximum absolute atomic E-state index is 8.64. The first kappa shape index (κ1) is 19.1. The fraction of sp³-hybridized carbons (Fsp3) is 0.409. The van der Waals surface area contributed by atoms with E-state index in [1.54, 1.807) is 0 Å². The molecule has 1 atom stereocenters. The van der Waals surface area contributed by atoms with E-state index in [-0.39, 0.29) is 12.9 Å². The first-order valence-electron chi connectivity index (χ1n) is 9.43. The number of nitriles is 1. The second-order valence-corrected chi connectivity index (χ2v) is 6.74. The Morgan fingerprint density at radius 2 is 1.89 bits per heavy atom. The maximum atomic E-state index is 8.64. The van der Waals surface area contributed by atoms with Crippen molar-refractivity contribution in [3.05, 3.63) is 54.1 Å². The topological polar surface area (TPSA) is 54.7 Å². The molecule has 27 heavy (non-hydrogen) atoms. The molecule has 3 rings (SSSR count). The minimum atomic E-state index is -0.0341. The number of unbranched alkanes of at least 4 members (excludes halogenated alkanes) is 2. The molecule has 0 N–H and O–H groups in total. The van der Waals surface area contributed by atoms with Gasteiger partial charge in [0.15, 0.2) is 11.5 Å². The quantitative estimate of drug-likeness (QED) is 0.577. The molecule has 2 aromatic rings. The van der Waals surface area contributed by atoms with Crippen LogP contribution in [-0.2, 0) is 0 Å². The van der Waals surface area contributed by atoms with Crippen molar-refractivity contribution in [1.82, 2.24) is 4.90 Å². The molecule has 0 fully saturated rings. The van der Waals surface area contributed by atoms with E-state index in [0.29, 0.717) is 6.42 Å². The molecule has 0 aromatic heterocycles. The zero-order valence-electron chi connectivity index (χ0n) is 15.8. The molecule has 0 amide bonds. The largest absolute Gasteiger partial charge is 0.486 e. The number of rotatable bonds is 10. The standard InChI is InChI=1S/C22H26N2O3/c1-24(14-7-3-6-13-23)15-12-20(18-8-4-2-5-9-18)27-19-10-11-21-22(16-19)26-17-25-21/h2,4-5,8-11,16,20H,3,6-7,12,14-15,17H2,1H3. The van der Waals surface area contributed by atoms with Gasteiger partial charge in [-0.25, -0.2) is 0 Å². The Bertz CT molecular complexity index is 758. The van der Waals surface area contributed by atoms with Gasteiger partial charge in [-0.05, 0) is 44.1 Å². The van der Waals surface area contributed by atoms with Crippen LogP contribution in [0.25, 0.3) is 0 Å². The van der Waals surface area contributed by atoms with Crippen molar-refractivity contribution in [3.8, 4) is 23.3 Å². The van der Waals surface area contributed by atoms with E-state index < -0.39 is 0 Å². The molecule has 0 radical (unpaired) electrons. The SMILES string of the molecule is CN(CCCCC#N)CCC(Oc1ccc2c(c1)OCO2)c1ccccc1. The molecule has 0 saturated carbocycles. The average Bonchev–Trinajstić information content (AvgIpc) is 3.17. The number of nitrogens with zero attached hydrogens (tertiary/aromatic N) is 2. The van der Waals surface area contributed by atoms with Crippen molar-refractivity contribution in [2.24, 2.45) is 0 Å². The van der Waals surface area contributed by atoms with Crippen LogP contribution in [0.2, 0.25) is 0 Å². The molecule has 0 bridgehead atoms. The monoisotopic (exact) mass is 366 g/mol. The third kappa shape index (κ3) is 5.63. The van der Waals surface area contributed by atoms with E-state index in [4.69, 9.17) is 19.5 Å². The highest BCUT2D eigenvalue weighted by Crippen LogP contribution is 2.36. The summed E-state index contributed by atoms with van der Waals surface area (Å²) < 4.78 is 17.1. The van der Waals surface area contributed by atoms with E-state index in [1.807, 2.05) is 36.4 Å². The van der Waals surface area contributed by atoms with Crippen LogP contribution in [-0.4, -0.2) is 31.8 Å². The van der Waals surface area contributed by atoms with Gasteiger partial charge in [-0.3, -0.25) is 0 Å². The van der Waals surface area contributed by atoms with Gasteiger partial charge in [0.2, 0.25) is 6.79 Å². The third-order valence-corrected chi connectivity index (χ3v) is 4.65. The number of fused-ring (bicyclic) bond motifs is 1. The van der Waals surface area contributed by atoms with Gasteiger partial charge in [0.05, 0.1) is 6.07 Å². The molecule has 5 nitrogen and oxygen atoms in total. The summed E-state index contributed by atoms with van der Waals surface area (Å²) >= 11 is 0. The predicted molar refractivity (Wildman–Crippen MR) is 104 cm³/mol. The molecule has 1 heterocycles. The van der Waals surface area contributed by atoms with Crippen LogP contribution in [0.1, 0.15) is 37.4 Å². The number of benzene rings is 2. The van der Waals surface area contributed by atoms with Gasteiger partial charge in [0.25, 0.3) is 0 Å². The number of hydrogen-bond acceptors (Lipinski definition) is 5. The lowest BCUT2D eigenvalue weighted by molar-refractivity contribution is 0.168. The van der Waals surface area contributed by atoms with E-state index in [9.17, 15) is 0 Å². The van der Waals surface area contributed by atoms with Crippen LogP contribution in [0.15, 0.2) is 48.5 Å². The maximum Gasteiger partial charge on any atom is 0.231 e. The Morgan fingerprint density at radius 1 is 1.07 bits per heavy atom. The fourth-order valence-corrected chi connectivity index (χ4v) is 3.11. The molecule has 2 aromatic carbocycles. The Morgan fingerprint density at radius 3 is 2.70 bits per heavy atom. The lowest BCUT2D eigenvalue weighted by Gasteiger charge is -2.23. The summed E-state index contributed by atoms with van der Waals surface area (Å²) in [6.07, 6.45) is 3.48. The van der Waals surface area contributed by atoms with Crippen LogP contribution >= 0.6 is 0 Å². The number of hydrogen-bond donors (Lipinski definition) is 0. The number of ether oxygens (including phenoxy) is 3. The highest BCUT2D eigenvalue weighted by Gasteiger charge is 2.18. The van der Waals surface area contributed by atoms with Gasteiger partial charge in [-0.15, -0.1) is 0 Å². The molecule has 5 heteroatoms. The van der Waals surface area contributed by atoms with Gasteiger partial charge in [-0.2, -0.15) is 5.26 Å². The second kappa shape index (κ2) is 9.84. The second-order valence-electron chi connectivity index (χ2n) is 6.74. The summed E-state index contributed by atoms with van der Waals surface area (Å²) in [5, 5.41) is 8.64. The third-order valence-electron chi connectivity index (χ3n) is 4.65. The lowest BCUT2D eigenvalue weighted by atomic mass is 10.1. The molecule has 1 aliphatic heterocycles. The summed E-state index contributed by atoms with van der Waals surface area (Å²) in [5.41, 5.74) is 1.16. The van der Waals surface area contributed by atoms with Crippen molar-refractivity contribution in [3.63, 3.8) is 0 Å². The first-order valence-corrected chi connectivity index (χ1v) is 9.43. The Balaban J connectivity index is 1.61. The fourth-order valence-electron chi connectivity index (χ4n) is 3.11. The van der Waals surface area contributed by atoms with Gasteiger partial charge < -0.3 is 19.1 Å². The molecule has 1 unspecified atom stereocenters. The van der Waals surface area contributed by atoms with E-state index >= 15 is 0 Å². The molecule has 0 spiro atoms. The summed E-state index contributed by atoms with van der Waals surface area (Å²) in [6, 6.07) is 18.2. The highest BCUT2D eigenvalue weighted by molar-refractivity contribution is 5.47. The van der Waals surface area contributed by atoms with Crippen molar-refractivity contribution in [1.29, 1.82) is 5.26 Å². The van der Waals surface area contributed by atoms with Gasteiger partial charge in [0.1, 0.15) is 11.9 Å². The minimum absolute atomic E-state index is 0.0341. The Hall–Kier alpha value is -2.71. The van der Waals surface area contributed by atoms with E-state index in [1.165, 1.54) is 0 Å². The summed E-state index contributed by atoms with van der Waals surface area (Å²) in [5.74, 6) is 2.27. The lowest BCUT2D eigenvalue weighted by Crippen LogP contribution is -2.24. The van der Waals surface area contributed by atoms with Crippen LogP contribution in [0.3, 0.4) is 0 Å². The summed E-state index contributed by atoms with van der Waals surface area (Å²) in [4.78, 5) is 2.30. The smallest absolute Gasteiger partial charge is 0.231 e. The molecule has 0 saturated heterocycles. The van der Waals surface area contributed by atoms with E-state index in [0.717, 1.165) is 55.2 Å². The zero-order valence-corrected chi connectivity index (χ0v) is 15.8. The Labute approximate surface area is 161 Å². The summed E-state index contributed by atoms with van der Waals surface area (Å²) in [7, 11) is 2.12. The van der Waals surface area contributed by atoms with Crippen LogP contribution in [0.4, 0.5) is 0 Å². The van der Waals surface area contributed by atoms with Gasteiger partial charge in [0, 0.05) is 25.5 Å². The zero-order chi connectivity index (χ0) is 18.9. The average molecular weight is 366 g/mol. The van der Waals surface area contributed by atoms with Crippen LogP contribution in [0.5, 0.6) is 17.2 Å². The van der Waals surface area contributed by atoms with Crippen LogP contribution in [0, 0.1) is 11.3 Å². The van der Waals surface area contributed by atoms with Gasteiger partial charge >= 0.3 is 0 Å². The van der Waals surface area contributed by atoms with Crippen molar-refractivity contribution >= 4 is 0 Å². The van der Waals surface area contributed by atoms with Crippen molar-refractivity contribution < 1.29 is 14.2 Å². The van der Waals surface area contributed by atoms with Crippen LogP contribution < -0.4 is 14.2 Å². The predicted octanol–water partition coefficient (Wildman–Crippen LogP) is 4.55. The molecule has 1 aliphatic rings. The minimum Gasteiger partial charge on any atom is -0.486 e. The molecular formula is C22H26N2O3. The normalized spacial score (nSPS) is 13.4. The van der Waals surface area contributed by atoms with Gasteiger partial charge in [-0.1, -0.05) is 30.3 Å². The molecule has 142 valence electrons. The van der Waals surface area contributed by atoms with Crippen molar-refractivity contribution in [2.75, 3.05) is 26.9 Å². The first-order chi connectivity index (χ1) is 13.3. The molecule has 0 aliphatic carbocycles. The van der Waals surface area contributed by atoms with Crippen molar-refractivity contribution in [2.45, 2.75) is 31.8 Å². The summed E-state index contributed by atoms with van der Waals surface area (Å²) in [6.45, 7) is 2.18. The highest BCUT2D eigenvalue weighted by atomic mass is 16.7. The Kier molecular flexibility index (Phi) is 6.95. The molecular weight excluding hydrogens is 340 g/mol. The van der Waals surface area contributed by atoms with E-state index in [2.05, 4.69) is 30.1 Å².